The van der Waals surface area contributed by atoms with Crippen molar-refractivity contribution in [2.75, 3.05) is 5.32 Å². The van der Waals surface area contributed by atoms with Crippen LogP contribution in [0.3, 0.4) is 0 Å². The zero-order valence-electron chi connectivity index (χ0n) is 10.5. The van der Waals surface area contributed by atoms with Gasteiger partial charge >= 0.3 is 0 Å². The van der Waals surface area contributed by atoms with Gasteiger partial charge in [0.15, 0.2) is 11.4 Å². The Labute approximate surface area is 118 Å². The zero-order valence-corrected chi connectivity index (χ0v) is 11.3. The van der Waals surface area contributed by atoms with Gasteiger partial charge in [-0.1, -0.05) is 18.5 Å². The molecular weight excluding hydrogens is 282 g/mol. The highest BCUT2D eigenvalue weighted by Gasteiger charge is 2.14. The molecule has 0 bridgehead atoms. The number of halogens is 1. The molecule has 0 saturated heterocycles. The molecule has 0 atom stereocenters. The van der Waals surface area contributed by atoms with Crippen LogP contribution in [0.1, 0.15) is 13.3 Å². The molecule has 0 aliphatic rings. The van der Waals surface area contributed by atoms with Gasteiger partial charge in [-0.3, -0.25) is 10.1 Å². The van der Waals surface area contributed by atoms with Crippen LogP contribution in [0.4, 0.5) is 5.95 Å². The van der Waals surface area contributed by atoms with Crippen molar-refractivity contribution in [3.05, 3.63) is 29.6 Å². The summed E-state index contributed by atoms with van der Waals surface area (Å²) in [7, 11) is 0. The summed E-state index contributed by atoms with van der Waals surface area (Å²) in [5, 5.41) is 7.11. The van der Waals surface area contributed by atoms with Gasteiger partial charge in [-0.05, 0) is 12.1 Å². The molecule has 3 aromatic heterocycles. The molecule has 0 fully saturated rings. The number of furan rings is 1. The van der Waals surface area contributed by atoms with Gasteiger partial charge in [0.2, 0.25) is 17.7 Å². The van der Waals surface area contributed by atoms with Crippen LogP contribution in [0, 0.1) is 0 Å². The van der Waals surface area contributed by atoms with Gasteiger partial charge < -0.3 is 4.42 Å². The number of hydrogen-bond acceptors (Lipinski definition) is 5. The standard InChI is InChI=1S/C12H10ClN5O2/c1-2-10(19)16-12-14-8(13)6-9-15-11(17-18(9)12)7-4-3-5-20-7/h3-6H,2H2,1H3,(H,14,16,19). The van der Waals surface area contributed by atoms with Gasteiger partial charge in [-0.2, -0.15) is 4.52 Å². The molecule has 3 heterocycles. The fraction of sp³-hybridized carbons (Fsp3) is 0.167. The number of carbonyl (C=O) groups is 1. The average Bonchev–Trinajstić information content (AvgIpc) is 3.06. The second-order valence-corrected chi connectivity index (χ2v) is 4.37. The Morgan fingerprint density at radius 3 is 3.05 bits per heavy atom. The van der Waals surface area contributed by atoms with Gasteiger partial charge in [-0.25, -0.2) is 9.97 Å². The Bertz CT molecular complexity index is 766. The third kappa shape index (κ3) is 2.23. The monoisotopic (exact) mass is 291 g/mol. The number of nitrogens with zero attached hydrogens (tertiary/aromatic N) is 4. The number of nitrogens with one attached hydrogen (secondary N) is 1. The number of carbonyl (C=O) groups excluding carboxylic acids is 1. The fourth-order valence-corrected chi connectivity index (χ4v) is 1.84. The van der Waals surface area contributed by atoms with Crippen molar-refractivity contribution in [2.45, 2.75) is 13.3 Å². The van der Waals surface area contributed by atoms with Crippen molar-refractivity contribution < 1.29 is 9.21 Å². The molecule has 0 radical (unpaired) electrons. The molecule has 0 saturated carbocycles. The van der Waals surface area contributed by atoms with Crippen LogP contribution in [0.5, 0.6) is 0 Å². The van der Waals surface area contributed by atoms with Crippen LogP contribution in [0.2, 0.25) is 5.15 Å². The first kappa shape index (κ1) is 12.6. The number of rotatable bonds is 3. The van der Waals surface area contributed by atoms with Gasteiger partial charge in [0, 0.05) is 12.5 Å². The SMILES string of the molecule is CCC(=O)Nc1nc(Cl)cc2nc(-c3ccco3)nn12. The second-order valence-electron chi connectivity index (χ2n) is 3.99. The lowest BCUT2D eigenvalue weighted by molar-refractivity contribution is -0.115. The highest BCUT2D eigenvalue weighted by molar-refractivity contribution is 6.29. The molecule has 3 aromatic rings. The molecule has 1 amide bonds. The van der Waals surface area contributed by atoms with Gasteiger partial charge in [0.25, 0.3) is 0 Å². The molecule has 0 unspecified atom stereocenters. The summed E-state index contributed by atoms with van der Waals surface area (Å²) in [6.07, 6.45) is 1.86. The topological polar surface area (TPSA) is 85.3 Å². The van der Waals surface area contributed by atoms with Crippen molar-refractivity contribution in [3.8, 4) is 11.6 Å². The minimum Gasteiger partial charge on any atom is -0.461 e. The van der Waals surface area contributed by atoms with E-state index < -0.39 is 0 Å². The van der Waals surface area contributed by atoms with Crippen LogP contribution >= 0.6 is 11.6 Å². The van der Waals surface area contributed by atoms with Gasteiger partial charge in [0.1, 0.15) is 5.15 Å². The predicted molar refractivity (Wildman–Crippen MR) is 72.4 cm³/mol. The Morgan fingerprint density at radius 1 is 1.50 bits per heavy atom. The third-order valence-corrected chi connectivity index (χ3v) is 2.80. The molecular formula is C12H10ClN5O2. The lowest BCUT2D eigenvalue weighted by Crippen LogP contribution is -2.14. The summed E-state index contributed by atoms with van der Waals surface area (Å²) in [6, 6.07) is 5.04. The number of amides is 1. The maximum atomic E-state index is 11.5. The third-order valence-electron chi connectivity index (χ3n) is 2.61. The van der Waals surface area contributed by atoms with Gasteiger partial charge in [0.05, 0.1) is 6.26 Å². The molecule has 0 spiro atoms. The predicted octanol–water partition coefficient (Wildman–Crippen LogP) is 2.39. The molecule has 0 aromatic carbocycles. The van der Waals surface area contributed by atoms with E-state index in [0.29, 0.717) is 23.7 Å². The summed E-state index contributed by atoms with van der Waals surface area (Å²) >= 11 is 5.92. The number of anilines is 1. The Morgan fingerprint density at radius 2 is 2.35 bits per heavy atom. The van der Waals surface area contributed by atoms with Gasteiger partial charge in [-0.15, -0.1) is 5.10 Å². The fourth-order valence-electron chi connectivity index (χ4n) is 1.66. The number of aromatic nitrogens is 4. The number of hydrogen-bond donors (Lipinski definition) is 1. The molecule has 1 N–H and O–H groups in total. The van der Waals surface area contributed by atoms with Crippen LogP contribution in [-0.2, 0) is 4.79 Å². The zero-order chi connectivity index (χ0) is 14.1. The van der Waals surface area contributed by atoms with E-state index in [2.05, 4.69) is 20.4 Å². The molecule has 8 heteroatoms. The first-order chi connectivity index (χ1) is 9.67. The lowest BCUT2D eigenvalue weighted by Gasteiger charge is -2.04. The highest BCUT2D eigenvalue weighted by Crippen LogP contribution is 2.20. The molecule has 3 rings (SSSR count). The summed E-state index contributed by atoms with van der Waals surface area (Å²) in [6.45, 7) is 1.74. The summed E-state index contributed by atoms with van der Waals surface area (Å²) in [5.74, 6) is 0.962. The first-order valence-corrected chi connectivity index (χ1v) is 6.32. The van der Waals surface area contributed by atoms with Crippen LogP contribution < -0.4 is 5.32 Å². The summed E-state index contributed by atoms with van der Waals surface area (Å²) < 4.78 is 6.66. The minimum atomic E-state index is -0.184. The van der Waals surface area contributed by atoms with E-state index in [0.717, 1.165) is 0 Å². The minimum absolute atomic E-state index is 0.184. The van der Waals surface area contributed by atoms with E-state index >= 15 is 0 Å². The van der Waals surface area contributed by atoms with E-state index in [1.165, 1.54) is 10.8 Å². The molecule has 0 aliphatic heterocycles. The van der Waals surface area contributed by atoms with Crippen LogP contribution in [-0.4, -0.2) is 25.5 Å². The maximum absolute atomic E-state index is 11.5. The summed E-state index contributed by atoms with van der Waals surface area (Å²) in [4.78, 5) is 19.8. The molecule has 0 aliphatic carbocycles. The van der Waals surface area contributed by atoms with Crippen LogP contribution in [0.15, 0.2) is 28.9 Å². The van der Waals surface area contributed by atoms with Crippen molar-refractivity contribution in [3.63, 3.8) is 0 Å². The normalized spacial score (nSPS) is 10.9. The lowest BCUT2D eigenvalue weighted by atomic mass is 10.4. The van der Waals surface area contributed by atoms with E-state index in [1.807, 2.05) is 0 Å². The number of fused-ring (bicyclic) bond motifs is 1. The molecule has 20 heavy (non-hydrogen) atoms. The van der Waals surface area contributed by atoms with Crippen molar-refractivity contribution >= 4 is 29.1 Å². The van der Waals surface area contributed by atoms with E-state index in [-0.39, 0.29) is 17.0 Å². The quantitative estimate of drug-likeness (QED) is 0.749. The van der Waals surface area contributed by atoms with Crippen molar-refractivity contribution in [1.29, 1.82) is 0 Å². The second kappa shape index (κ2) is 4.93. The Hall–Kier alpha value is -2.41. The van der Waals surface area contributed by atoms with Crippen molar-refractivity contribution in [2.24, 2.45) is 0 Å². The summed E-state index contributed by atoms with van der Waals surface area (Å²) in [5.41, 5.74) is 0.475. The molecule has 7 nitrogen and oxygen atoms in total. The van der Waals surface area contributed by atoms with E-state index in [1.54, 1.807) is 25.1 Å². The maximum Gasteiger partial charge on any atom is 0.234 e. The molecule has 102 valence electrons. The first-order valence-electron chi connectivity index (χ1n) is 5.94. The van der Waals surface area contributed by atoms with Crippen LogP contribution in [0.25, 0.3) is 17.2 Å². The Balaban J connectivity index is 2.12. The van der Waals surface area contributed by atoms with Crippen molar-refractivity contribution in [1.82, 2.24) is 19.6 Å². The largest absolute Gasteiger partial charge is 0.461 e. The highest BCUT2D eigenvalue weighted by atomic mass is 35.5. The average molecular weight is 292 g/mol. The Kier molecular flexibility index (Phi) is 3.11. The van der Waals surface area contributed by atoms with E-state index in [9.17, 15) is 4.79 Å². The van der Waals surface area contributed by atoms with E-state index in [4.69, 9.17) is 16.0 Å². The smallest absolute Gasteiger partial charge is 0.234 e.